The fourth-order valence-corrected chi connectivity index (χ4v) is 2.50. The van der Waals surface area contributed by atoms with Gasteiger partial charge in [-0.15, -0.1) is 0 Å². The van der Waals surface area contributed by atoms with E-state index in [2.05, 4.69) is 26.3 Å². The number of anilines is 1. The number of carbonyl (C=O) groups excluding carboxylic acids is 1. The number of hydrogen-bond donors (Lipinski definition) is 2. The number of primary amides is 1. The molecular weight excluding hydrogens is 320 g/mol. The molecule has 20 heavy (non-hydrogen) atoms. The Labute approximate surface area is 126 Å². The Morgan fingerprint density at radius 3 is 2.80 bits per heavy atom. The van der Waals surface area contributed by atoms with Gasteiger partial charge in [0.2, 0.25) is 5.91 Å². The molecule has 1 atom stereocenters. The number of para-hydroxylation sites is 1. The Bertz CT molecular complexity index is 623. The first-order valence-corrected chi connectivity index (χ1v) is 7.15. The molecule has 1 aromatic heterocycles. The number of amides is 1. The predicted molar refractivity (Wildman–Crippen MR) is 82.3 cm³/mol. The zero-order valence-electron chi connectivity index (χ0n) is 11.4. The zero-order valence-corrected chi connectivity index (χ0v) is 13.0. The second-order valence-electron chi connectivity index (χ2n) is 4.52. The summed E-state index contributed by atoms with van der Waals surface area (Å²) in [5.74, 6) is -0.427. The van der Waals surface area contributed by atoms with Gasteiger partial charge < -0.3 is 11.1 Å². The van der Waals surface area contributed by atoms with Crippen LogP contribution in [-0.2, 0) is 18.3 Å². The van der Waals surface area contributed by atoms with Crippen molar-refractivity contribution in [2.24, 2.45) is 12.8 Å². The third-order valence-electron chi connectivity index (χ3n) is 3.04. The quantitative estimate of drug-likeness (QED) is 0.880. The van der Waals surface area contributed by atoms with Gasteiger partial charge in [-0.3, -0.25) is 9.48 Å². The lowest BCUT2D eigenvalue weighted by Gasteiger charge is -2.17. The van der Waals surface area contributed by atoms with Crippen LogP contribution in [0.25, 0.3) is 0 Å². The Kier molecular flexibility index (Phi) is 4.44. The van der Waals surface area contributed by atoms with Crippen LogP contribution in [0.4, 0.5) is 5.69 Å². The van der Waals surface area contributed by atoms with Crippen LogP contribution < -0.4 is 11.1 Å². The summed E-state index contributed by atoms with van der Waals surface area (Å²) in [6.07, 6.45) is 2.58. The molecule has 0 radical (unpaired) electrons. The van der Waals surface area contributed by atoms with E-state index in [0.717, 1.165) is 27.8 Å². The highest BCUT2D eigenvalue weighted by Crippen LogP contribution is 2.27. The summed E-state index contributed by atoms with van der Waals surface area (Å²) in [6, 6.07) is 7.01. The second kappa shape index (κ2) is 6.09. The number of carbonyl (C=O) groups is 1. The molecule has 0 saturated heterocycles. The molecule has 6 heteroatoms. The molecule has 106 valence electrons. The minimum absolute atomic E-state index is 0.427. The molecule has 1 unspecified atom stereocenters. The molecule has 5 nitrogen and oxygen atoms in total. The zero-order chi connectivity index (χ0) is 14.7. The molecule has 0 aliphatic heterocycles. The van der Waals surface area contributed by atoms with Crippen LogP contribution in [0, 0.1) is 0 Å². The molecule has 0 aliphatic rings. The molecule has 1 heterocycles. The number of nitrogens with zero attached hydrogens (tertiary/aromatic N) is 2. The number of hydrogen-bond acceptors (Lipinski definition) is 3. The molecule has 0 bridgehead atoms. The van der Waals surface area contributed by atoms with E-state index in [0.29, 0.717) is 0 Å². The van der Waals surface area contributed by atoms with Gasteiger partial charge in [0.25, 0.3) is 0 Å². The van der Waals surface area contributed by atoms with Gasteiger partial charge >= 0.3 is 0 Å². The number of nitrogens with two attached hydrogens (primary N) is 1. The van der Waals surface area contributed by atoms with Crippen molar-refractivity contribution >= 4 is 27.5 Å². The van der Waals surface area contributed by atoms with Gasteiger partial charge in [-0.2, -0.15) is 5.10 Å². The van der Waals surface area contributed by atoms with E-state index in [1.165, 1.54) is 0 Å². The largest absolute Gasteiger partial charge is 0.369 e. The van der Waals surface area contributed by atoms with Gasteiger partial charge in [0.05, 0.1) is 5.69 Å². The number of nitrogens with one attached hydrogen (secondary N) is 1. The molecule has 2 rings (SSSR count). The Hall–Kier alpha value is -1.82. The van der Waals surface area contributed by atoms with Crippen molar-refractivity contribution in [2.75, 3.05) is 5.32 Å². The van der Waals surface area contributed by atoms with Crippen molar-refractivity contribution in [3.05, 3.63) is 46.2 Å². The SMILES string of the molecule is CCc1nn(C)cc1C(Nc1ccccc1Br)C(N)=O. The van der Waals surface area contributed by atoms with Crippen LogP contribution in [-0.4, -0.2) is 15.7 Å². The molecular formula is C14H17BrN4O. The molecule has 2 aromatic rings. The lowest BCUT2D eigenvalue weighted by Crippen LogP contribution is -2.28. The van der Waals surface area contributed by atoms with Crippen molar-refractivity contribution in [3.8, 4) is 0 Å². The number of benzene rings is 1. The lowest BCUT2D eigenvalue weighted by molar-refractivity contribution is -0.118. The summed E-state index contributed by atoms with van der Waals surface area (Å²) < 4.78 is 2.58. The molecule has 3 N–H and O–H groups in total. The minimum Gasteiger partial charge on any atom is -0.369 e. The average molecular weight is 337 g/mol. The summed E-state index contributed by atoms with van der Waals surface area (Å²) in [5.41, 5.74) is 8.06. The van der Waals surface area contributed by atoms with Crippen molar-refractivity contribution in [3.63, 3.8) is 0 Å². The smallest absolute Gasteiger partial charge is 0.244 e. The van der Waals surface area contributed by atoms with E-state index in [9.17, 15) is 4.79 Å². The van der Waals surface area contributed by atoms with Gasteiger partial charge in [-0.25, -0.2) is 0 Å². The fourth-order valence-electron chi connectivity index (χ4n) is 2.10. The van der Waals surface area contributed by atoms with Gasteiger partial charge in [-0.1, -0.05) is 19.1 Å². The topological polar surface area (TPSA) is 72.9 Å². The summed E-state index contributed by atoms with van der Waals surface area (Å²) >= 11 is 3.45. The second-order valence-corrected chi connectivity index (χ2v) is 5.37. The highest BCUT2D eigenvalue weighted by Gasteiger charge is 2.23. The summed E-state index contributed by atoms with van der Waals surface area (Å²) in [5, 5.41) is 7.53. The molecule has 0 fully saturated rings. The third-order valence-corrected chi connectivity index (χ3v) is 3.73. The predicted octanol–water partition coefficient (Wildman–Crippen LogP) is 2.38. The van der Waals surface area contributed by atoms with E-state index in [1.54, 1.807) is 4.68 Å². The first-order chi connectivity index (χ1) is 9.52. The van der Waals surface area contributed by atoms with Crippen molar-refractivity contribution in [1.82, 2.24) is 9.78 Å². The van der Waals surface area contributed by atoms with Crippen LogP contribution >= 0.6 is 15.9 Å². The lowest BCUT2D eigenvalue weighted by atomic mass is 10.1. The van der Waals surface area contributed by atoms with Crippen molar-refractivity contribution in [2.45, 2.75) is 19.4 Å². The van der Waals surface area contributed by atoms with Gasteiger partial charge in [0.1, 0.15) is 6.04 Å². The van der Waals surface area contributed by atoms with Crippen LogP contribution in [0.2, 0.25) is 0 Å². The molecule has 0 saturated carbocycles. The number of rotatable bonds is 5. The van der Waals surface area contributed by atoms with Gasteiger partial charge in [-0.05, 0) is 34.5 Å². The summed E-state index contributed by atoms with van der Waals surface area (Å²) in [6.45, 7) is 2.00. The highest BCUT2D eigenvalue weighted by molar-refractivity contribution is 9.10. The van der Waals surface area contributed by atoms with E-state index in [4.69, 9.17) is 5.73 Å². The summed E-state index contributed by atoms with van der Waals surface area (Å²) in [4.78, 5) is 11.8. The van der Waals surface area contributed by atoms with E-state index in [-0.39, 0.29) is 0 Å². The Morgan fingerprint density at radius 2 is 2.20 bits per heavy atom. The maximum absolute atomic E-state index is 11.8. The number of aryl methyl sites for hydroxylation is 2. The maximum Gasteiger partial charge on any atom is 0.244 e. The molecule has 0 spiro atoms. The first kappa shape index (κ1) is 14.6. The van der Waals surface area contributed by atoms with E-state index < -0.39 is 11.9 Å². The summed E-state index contributed by atoms with van der Waals surface area (Å²) in [7, 11) is 1.83. The molecule has 0 aliphatic carbocycles. The maximum atomic E-state index is 11.8. The van der Waals surface area contributed by atoms with Crippen LogP contribution in [0.15, 0.2) is 34.9 Å². The number of aromatic nitrogens is 2. The van der Waals surface area contributed by atoms with E-state index >= 15 is 0 Å². The minimum atomic E-state index is -0.600. The number of halogens is 1. The normalized spacial score (nSPS) is 12.2. The highest BCUT2D eigenvalue weighted by atomic mass is 79.9. The Morgan fingerprint density at radius 1 is 1.50 bits per heavy atom. The standard InChI is InChI=1S/C14H17BrN4O/c1-3-11-9(8-19(2)18-11)13(14(16)20)17-12-7-5-4-6-10(12)15/h4-8,13,17H,3H2,1-2H3,(H2,16,20). The molecule has 1 amide bonds. The van der Waals surface area contributed by atoms with Gasteiger partial charge in [0, 0.05) is 29.0 Å². The average Bonchev–Trinajstić information content (AvgIpc) is 2.78. The van der Waals surface area contributed by atoms with Gasteiger partial charge in [0.15, 0.2) is 0 Å². The Balaban J connectivity index is 2.37. The molecule has 1 aromatic carbocycles. The first-order valence-electron chi connectivity index (χ1n) is 6.35. The monoisotopic (exact) mass is 336 g/mol. The third kappa shape index (κ3) is 3.01. The van der Waals surface area contributed by atoms with Crippen LogP contribution in [0.3, 0.4) is 0 Å². The van der Waals surface area contributed by atoms with Crippen molar-refractivity contribution < 1.29 is 4.79 Å². The van der Waals surface area contributed by atoms with Crippen molar-refractivity contribution in [1.29, 1.82) is 0 Å². The van der Waals surface area contributed by atoms with Crippen LogP contribution in [0.5, 0.6) is 0 Å². The van der Waals surface area contributed by atoms with E-state index in [1.807, 2.05) is 44.4 Å². The fraction of sp³-hybridized carbons (Fsp3) is 0.286. The van der Waals surface area contributed by atoms with Crippen LogP contribution in [0.1, 0.15) is 24.2 Å².